The number of aliphatic hydroxyl groups excluding tert-OH is 1. The zero-order valence-corrected chi connectivity index (χ0v) is 10.2. The largest absolute Gasteiger partial charge is 0.573 e. The molecule has 0 atom stereocenters. The SMILES string of the molecule is OCc1ncc(C(F)F)c(CBr)c1OC(F)(F)F. The predicted octanol–water partition coefficient (Wildman–Crippen LogP) is 3.31. The van der Waals surface area contributed by atoms with E-state index in [0.29, 0.717) is 0 Å². The number of pyridine rings is 1. The molecule has 9 heteroatoms. The molecule has 1 aromatic heterocycles. The summed E-state index contributed by atoms with van der Waals surface area (Å²) in [7, 11) is 0. The Balaban J connectivity index is 3.37. The van der Waals surface area contributed by atoms with Crippen LogP contribution in [0, 0.1) is 0 Å². The molecule has 0 radical (unpaired) electrons. The molecule has 18 heavy (non-hydrogen) atoms. The van der Waals surface area contributed by atoms with Crippen molar-refractivity contribution < 1.29 is 31.8 Å². The second-order valence-corrected chi connectivity index (χ2v) is 3.67. The van der Waals surface area contributed by atoms with Gasteiger partial charge in [0.25, 0.3) is 6.43 Å². The van der Waals surface area contributed by atoms with Crippen molar-refractivity contribution in [1.82, 2.24) is 4.98 Å². The lowest BCUT2D eigenvalue weighted by Crippen LogP contribution is -2.20. The molecule has 0 spiro atoms. The van der Waals surface area contributed by atoms with Crippen molar-refractivity contribution in [2.75, 3.05) is 0 Å². The standard InChI is InChI=1S/C9H7BrF5NO2/c10-1-4-5(8(11)12)2-16-6(3-17)7(4)18-9(13,14)15/h2,8,17H,1,3H2. The molecule has 0 saturated carbocycles. The van der Waals surface area contributed by atoms with Crippen molar-refractivity contribution in [3.63, 3.8) is 0 Å². The number of halogens is 6. The summed E-state index contributed by atoms with van der Waals surface area (Å²) in [5.41, 5.74) is -1.52. The quantitative estimate of drug-likeness (QED) is 0.678. The summed E-state index contributed by atoms with van der Waals surface area (Å²) >= 11 is 2.81. The maximum absolute atomic E-state index is 12.6. The van der Waals surface area contributed by atoms with Gasteiger partial charge in [-0.1, -0.05) is 15.9 Å². The van der Waals surface area contributed by atoms with Crippen molar-refractivity contribution in [2.24, 2.45) is 0 Å². The van der Waals surface area contributed by atoms with Crippen molar-refractivity contribution in [3.8, 4) is 5.75 Å². The van der Waals surface area contributed by atoms with Crippen LogP contribution >= 0.6 is 15.9 Å². The molecule has 1 heterocycles. The molecule has 1 N–H and O–H groups in total. The van der Waals surface area contributed by atoms with E-state index < -0.39 is 36.4 Å². The summed E-state index contributed by atoms with van der Waals surface area (Å²) in [5.74, 6) is -0.889. The molecule has 0 amide bonds. The first-order valence-corrected chi connectivity index (χ1v) is 5.63. The van der Waals surface area contributed by atoms with E-state index in [0.717, 1.165) is 6.20 Å². The molecule has 3 nitrogen and oxygen atoms in total. The third-order valence-corrected chi connectivity index (χ3v) is 2.54. The molecule has 0 bridgehead atoms. The smallest absolute Gasteiger partial charge is 0.403 e. The van der Waals surface area contributed by atoms with Crippen LogP contribution in [0.5, 0.6) is 5.75 Å². The fourth-order valence-corrected chi connectivity index (χ4v) is 1.84. The average Bonchev–Trinajstić information content (AvgIpc) is 2.26. The predicted molar refractivity (Wildman–Crippen MR) is 54.4 cm³/mol. The zero-order valence-electron chi connectivity index (χ0n) is 8.64. The van der Waals surface area contributed by atoms with E-state index >= 15 is 0 Å². The Morgan fingerprint density at radius 3 is 2.39 bits per heavy atom. The van der Waals surface area contributed by atoms with E-state index in [1.54, 1.807) is 0 Å². The summed E-state index contributed by atoms with van der Waals surface area (Å²) in [6.45, 7) is -0.852. The van der Waals surface area contributed by atoms with Crippen LogP contribution in [0.3, 0.4) is 0 Å². The van der Waals surface area contributed by atoms with Gasteiger partial charge in [-0.15, -0.1) is 13.2 Å². The van der Waals surface area contributed by atoms with Crippen molar-refractivity contribution in [3.05, 3.63) is 23.0 Å². The van der Waals surface area contributed by atoms with Crippen LogP contribution in [-0.4, -0.2) is 16.5 Å². The highest BCUT2D eigenvalue weighted by molar-refractivity contribution is 9.08. The summed E-state index contributed by atoms with van der Waals surface area (Å²) in [6.07, 6.45) is -7.33. The Labute approximate surface area is 107 Å². The number of aromatic nitrogens is 1. The Morgan fingerprint density at radius 2 is 2.00 bits per heavy atom. The van der Waals surface area contributed by atoms with Gasteiger partial charge in [0.15, 0.2) is 5.75 Å². The number of hydrogen-bond donors (Lipinski definition) is 1. The number of hydrogen-bond acceptors (Lipinski definition) is 3. The van der Waals surface area contributed by atoms with Gasteiger partial charge in [-0.25, -0.2) is 8.78 Å². The first-order chi connectivity index (χ1) is 8.30. The first kappa shape index (κ1) is 15.1. The molecule has 0 fully saturated rings. The minimum absolute atomic E-state index is 0.284. The van der Waals surface area contributed by atoms with Gasteiger partial charge in [0.05, 0.1) is 6.61 Å². The van der Waals surface area contributed by atoms with E-state index in [2.05, 4.69) is 25.7 Å². The van der Waals surface area contributed by atoms with Crippen LogP contribution in [0.25, 0.3) is 0 Å². The van der Waals surface area contributed by atoms with E-state index in [-0.39, 0.29) is 10.9 Å². The monoisotopic (exact) mass is 335 g/mol. The van der Waals surface area contributed by atoms with Crippen molar-refractivity contribution >= 4 is 15.9 Å². The number of aliphatic hydroxyl groups is 1. The Morgan fingerprint density at radius 1 is 1.39 bits per heavy atom. The van der Waals surface area contributed by atoms with Gasteiger partial charge in [0.1, 0.15) is 5.69 Å². The normalized spacial score (nSPS) is 12.0. The van der Waals surface area contributed by atoms with Crippen LogP contribution in [0.4, 0.5) is 22.0 Å². The molecular weight excluding hydrogens is 329 g/mol. The Kier molecular flexibility index (Phi) is 4.85. The summed E-state index contributed by atoms with van der Waals surface area (Å²) in [4.78, 5) is 3.34. The van der Waals surface area contributed by atoms with E-state index in [4.69, 9.17) is 5.11 Å². The first-order valence-electron chi connectivity index (χ1n) is 4.51. The fraction of sp³-hybridized carbons (Fsp3) is 0.444. The Hall–Kier alpha value is -0.960. The van der Waals surface area contributed by atoms with E-state index in [9.17, 15) is 22.0 Å². The third-order valence-electron chi connectivity index (χ3n) is 1.98. The molecule has 0 aromatic carbocycles. The van der Waals surface area contributed by atoms with Gasteiger partial charge in [0.2, 0.25) is 0 Å². The van der Waals surface area contributed by atoms with Gasteiger partial charge in [-0.05, 0) is 0 Å². The number of nitrogens with zero attached hydrogens (tertiary/aromatic N) is 1. The zero-order chi connectivity index (χ0) is 13.9. The lowest BCUT2D eigenvalue weighted by Gasteiger charge is -2.17. The van der Waals surface area contributed by atoms with Crippen LogP contribution in [-0.2, 0) is 11.9 Å². The Bertz CT molecular complexity index is 424. The molecule has 0 aliphatic heterocycles. The van der Waals surface area contributed by atoms with Gasteiger partial charge in [-0.3, -0.25) is 4.98 Å². The van der Waals surface area contributed by atoms with E-state index in [1.165, 1.54) is 0 Å². The van der Waals surface area contributed by atoms with Crippen molar-refractivity contribution in [2.45, 2.75) is 24.7 Å². The maximum atomic E-state index is 12.6. The number of ether oxygens (including phenoxy) is 1. The minimum atomic E-state index is -5.05. The average molecular weight is 336 g/mol. The van der Waals surface area contributed by atoms with Gasteiger partial charge in [-0.2, -0.15) is 0 Å². The van der Waals surface area contributed by atoms with Gasteiger partial charge >= 0.3 is 6.36 Å². The molecule has 0 aliphatic rings. The van der Waals surface area contributed by atoms with Crippen molar-refractivity contribution in [1.29, 1.82) is 0 Å². The summed E-state index contributed by atoms with van der Waals surface area (Å²) in [5, 5.41) is 8.57. The highest BCUT2D eigenvalue weighted by Crippen LogP contribution is 2.36. The van der Waals surface area contributed by atoms with Crippen LogP contribution in [0.15, 0.2) is 6.20 Å². The third kappa shape index (κ3) is 3.52. The van der Waals surface area contributed by atoms with Gasteiger partial charge in [0, 0.05) is 22.7 Å². The van der Waals surface area contributed by atoms with Gasteiger partial charge < -0.3 is 9.84 Å². The summed E-state index contributed by atoms with van der Waals surface area (Å²) < 4.78 is 65.4. The molecule has 102 valence electrons. The molecular formula is C9H7BrF5NO2. The molecule has 0 aliphatic carbocycles. The molecule has 1 rings (SSSR count). The molecule has 0 unspecified atom stereocenters. The maximum Gasteiger partial charge on any atom is 0.573 e. The highest BCUT2D eigenvalue weighted by atomic mass is 79.9. The lowest BCUT2D eigenvalue weighted by atomic mass is 10.1. The van der Waals surface area contributed by atoms with Crippen LogP contribution in [0.1, 0.15) is 23.2 Å². The fourth-order valence-electron chi connectivity index (χ4n) is 1.26. The second-order valence-electron chi connectivity index (χ2n) is 3.11. The van der Waals surface area contributed by atoms with Crippen LogP contribution < -0.4 is 4.74 Å². The van der Waals surface area contributed by atoms with E-state index in [1.807, 2.05) is 0 Å². The molecule has 1 aromatic rings. The second kappa shape index (κ2) is 5.79. The topological polar surface area (TPSA) is 42.4 Å². The molecule has 0 saturated heterocycles. The number of alkyl halides is 6. The number of rotatable bonds is 4. The minimum Gasteiger partial charge on any atom is -0.403 e. The lowest BCUT2D eigenvalue weighted by molar-refractivity contribution is -0.275. The highest BCUT2D eigenvalue weighted by Gasteiger charge is 2.34. The summed E-state index contributed by atoms with van der Waals surface area (Å²) in [6, 6.07) is 0. The van der Waals surface area contributed by atoms with Crippen LogP contribution in [0.2, 0.25) is 0 Å².